The molecule has 150 valence electrons. The lowest BCUT2D eigenvalue weighted by Crippen LogP contribution is -2.34. The van der Waals surface area contributed by atoms with E-state index in [1.807, 2.05) is 28.9 Å². The van der Waals surface area contributed by atoms with Gasteiger partial charge in [0.15, 0.2) is 5.76 Å². The number of furan rings is 1. The first kappa shape index (κ1) is 18.7. The summed E-state index contributed by atoms with van der Waals surface area (Å²) in [6.07, 6.45) is 4.19. The summed E-state index contributed by atoms with van der Waals surface area (Å²) in [5, 5.41) is 15.3. The molecule has 1 aliphatic rings. The summed E-state index contributed by atoms with van der Waals surface area (Å²) in [5.41, 5.74) is 4.12. The molecule has 0 bridgehead atoms. The summed E-state index contributed by atoms with van der Waals surface area (Å²) in [6.45, 7) is 3.33. The Morgan fingerprint density at radius 3 is 2.73 bits per heavy atom. The van der Waals surface area contributed by atoms with E-state index in [0.717, 1.165) is 67.0 Å². The molecule has 3 heterocycles. The van der Waals surface area contributed by atoms with Crippen LogP contribution in [0.1, 0.15) is 24.0 Å². The SMILES string of the molecule is N#CC1CCCN(Cc2cn(Cc3ccccc3)nc2-c2cc3ccccc3o2)C1. The Morgan fingerprint density at radius 2 is 1.90 bits per heavy atom. The largest absolute Gasteiger partial charge is 0.454 e. The summed E-state index contributed by atoms with van der Waals surface area (Å²) in [6, 6.07) is 22.9. The van der Waals surface area contributed by atoms with E-state index in [2.05, 4.69) is 53.6 Å². The second-order valence-electron chi connectivity index (χ2n) is 8.04. The highest BCUT2D eigenvalue weighted by molar-refractivity contribution is 5.82. The van der Waals surface area contributed by atoms with Crippen molar-refractivity contribution in [2.45, 2.75) is 25.9 Å². The zero-order valence-corrected chi connectivity index (χ0v) is 16.9. The number of benzene rings is 2. The first-order valence-electron chi connectivity index (χ1n) is 10.5. The van der Waals surface area contributed by atoms with Crippen molar-refractivity contribution in [1.29, 1.82) is 5.26 Å². The minimum absolute atomic E-state index is 0.118. The molecule has 1 unspecified atom stereocenters. The Labute approximate surface area is 176 Å². The number of hydrogen-bond donors (Lipinski definition) is 0. The number of aromatic nitrogens is 2. The van der Waals surface area contributed by atoms with E-state index in [0.29, 0.717) is 0 Å². The van der Waals surface area contributed by atoms with E-state index < -0.39 is 0 Å². The highest BCUT2D eigenvalue weighted by Crippen LogP contribution is 2.30. The van der Waals surface area contributed by atoms with Gasteiger partial charge in [0.05, 0.1) is 18.5 Å². The summed E-state index contributed by atoms with van der Waals surface area (Å²) in [7, 11) is 0. The highest BCUT2D eigenvalue weighted by atomic mass is 16.3. The van der Waals surface area contributed by atoms with Crippen LogP contribution in [-0.4, -0.2) is 27.8 Å². The molecule has 0 amide bonds. The Bertz CT molecular complexity index is 1150. The van der Waals surface area contributed by atoms with Gasteiger partial charge >= 0.3 is 0 Å². The molecule has 0 radical (unpaired) electrons. The second-order valence-corrected chi connectivity index (χ2v) is 8.04. The topological polar surface area (TPSA) is 58.0 Å². The van der Waals surface area contributed by atoms with Crippen LogP contribution in [0.5, 0.6) is 0 Å². The van der Waals surface area contributed by atoms with Crippen LogP contribution in [0.15, 0.2) is 71.3 Å². The van der Waals surface area contributed by atoms with Gasteiger partial charge in [-0.3, -0.25) is 9.58 Å². The van der Waals surface area contributed by atoms with Gasteiger partial charge in [-0.15, -0.1) is 0 Å². The number of nitrogens with zero attached hydrogens (tertiary/aromatic N) is 4. The molecule has 1 fully saturated rings. The molecule has 5 rings (SSSR count). The van der Waals surface area contributed by atoms with Crippen LogP contribution < -0.4 is 0 Å². The average molecular weight is 396 g/mol. The van der Waals surface area contributed by atoms with Crippen molar-refractivity contribution >= 4 is 11.0 Å². The predicted octanol–water partition coefficient (Wildman–Crippen LogP) is 5.08. The van der Waals surface area contributed by atoms with E-state index in [1.165, 1.54) is 5.56 Å². The summed E-state index contributed by atoms with van der Waals surface area (Å²) >= 11 is 0. The van der Waals surface area contributed by atoms with Crippen molar-refractivity contribution in [3.8, 4) is 17.5 Å². The molecule has 1 atom stereocenters. The van der Waals surface area contributed by atoms with E-state index >= 15 is 0 Å². The molecule has 0 N–H and O–H groups in total. The van der Waals surface area contributed by atoms with Gasteiger partial charge in [0.25, 0.3) is 0 Å². The maximum absolute atomic E-state index is 9.35. The van der Waals surface area contributed by atoms with Crippen molar-refractivity contribution in [2.24, 2.45) is 5.92 Å². The average Bonchev–Trinajstić information content (AvgIpc) is 3.38. The maximum atomic E-state index is 9.35. The van der Waals surface area contributed by atoms with Crippen LogP contribution in [0.4, 0.5) is 0 Å². The van der Waals surface area contributed by atoms with Crippen LogP contribution in [0.3, 0.4) is 0 Å². The Kier molecular flexibility index (Phi) is 5.08. The summed E-state index contributed by atoms with van der Waals surface area (Å²) < 4.78 is 8.14. The van der Waals surface area contributed by atoms with Gasteiger partial charge in [0.1, 0.15) is 11.3 Å². The molecule has 0 saturated carbocycles. The zero-order chi connectivity index (χ0) is 20.3. The quantitative estimate of drug-likeness (QED) is 0.472. The Hall–Kier alpha value is -3.36. The maximum Gasteiger partial charge on any atom is 0.156 e. The predicted molar refractivity (Wildman–Crippen MR) is 117 cm³/mol. The summed E-state index contributed by atoms with van der Waals surface area (Å²) in [4.78, 5) is 2.37. The molecule has 2 aromatic heterocycles. The molecule has 0 aliphatic carbocycles. The third-order valence-corrected chi connectivity index (χ3v) is 5.77. The van der Waals surface area contributed by atoms with Crippen molar-refractivity contribution in [1.82, 2.24) is 14.7 Å². The molecule has 0 spiro atoms. The summed E-state index contributed by atoms with van der Waals surface area (Å²) in [5.74, 6) is 0.916. The van der Waals surface area contributed by atoms with E-state index in [1.54, 1.807) is 0 Å². The number of rotatable bonds is 5. The number of piperidine rings is 1. The lowest BCUT2D eigenvalue weighted by Gasteiger charge is -2.29. The molecule has 4 aromatic rings. The number of nitriles is 1. The van der Waals surface area contributed by atoms with Gasteiger partial charge in [-0.2, -0.15) is 10.4 Å². The van der Waals surface area contributed by atoms with Gasteiger partial charge < -0.3 is 4.42 Å². The van der Waals surface area contributed by atoms with E-state index in [-0.39, 0.29) is 5.92 Å². The highest BCUT2D eigenvalue weighted by Gasteiger charge is 2.23. The van der Waals surface area contributed by atoms with Gasteiger partial charge in [-0.05, 0) is 37.1 Å². The minimum Gasteiger partial charge on any atom is -0.454 e. The first-order chi connectivity index (χ1) is 14.8. The zero-order valence-electron chi connectivity index (χ0n) is 16.9. The molecule has 1 saturated heterocycles. The third kappa shape index (κ3) is 3.87. The lowest BCUT2D eigenvalue weighted by atomic mass is 9.99. The van der Waals surface area contributed by atoms with Crippen molar-refractivity contribution < 1.29 is 4.42 Å². The minimum atomic E-state index is 0.118. The molecule has 5 heteroatoms. The fourth-order valence-corrected chi connectivity index (χ4v) is 4.28. The van der Waals surface area contributed by atoms with E-state index in [4.69, 9.17) is 9.52 Å². The molecule has 1 aliphatic heterocycles. The standard InChI is InChI=1S/C25H24N4O/c26-14-20-9-6-12-28(15-20)17-22-18-29(16-19-7-2-1-3-8-19)27-25(22)24-13-21-10-4-5-11-23(21)30-24/h1-5,7-8,10-11,13,18,20H,6,9,12,15-17H2. The molecule has 5 nitrogen and oxygen atoms in total. The monoisotopic (exact) mass is 396 g/mol. The fourth-order valence-electron chi connectivity index (χ4n) is 4.28. The molecule has 2 aromatic carbocycles. The first-order valence-corrected chi connectivity index (χ1v) is 10.5. The van der Waals surface area contributed by atoms with Crippen LogP contribution >= 0.6 is 0 Å². The molecular formula is C25H24N4O. The Balaban J connectivity index is 1.49. The van der Waals surface area contributed by atoms with Crippen LogP contribution in [-0.2, 0) is 13.1 Å². The number of para-hydroxylation sites is 1. The van der Waals surface area contributed by atoms with Crippen molar-refractivity contribution in [2.75, 3.05) is 13.1 Å². The molecular weight excluding hydrogens is 372 g/mol. The number of fused-ring (bicyclic) bond motifs is 1. The molecule has 30 heavy (non-hydrogen) atoms. The normalized spacial score (nSPS) is 17.2. The fraction of sp³-hybridized carbons (Fsp3) is 0.280. The van der Waals surface area contributed by atoms with Gasteiger partial charge in [0.2, 0.25) is 0 Å². The number of likely N-dealkylation sites (tertiary alicyclic amines) is 1. The number of hydrogen-bond acceptors (Lipinski definition) is 4. The van der Waals surface area contributed by atoms with Crippen LogP contribution in [0, 0.1) is 17.2 Å². The van der Waals surface area contributed by atoms with Crippen molar-refractivity contribution in [3.05, 3.63) is 78.0 Å². The van der Waals surface area contributed by atoms with Crippen LogP contribution in [0.25, 0.3) is 22.4 Å². The Morgan fingerprint density at radius 1 is 1.07 bits per heavy atom. The third-order valence-electron chi connectivity index (χ3n) is 5.77. The van der Waals surface area contributed by atoms with Gasteiger partial charge in [-0.1, -0.05) is 48.5 Å². The second kappa shape index (κ2) is 8.17. The van der Waals surface area contributed by atoms with Gasteiger partial charge in [-0.25, -0.2) is 0 Å². The van der Waals surface area contributed by atoms with Gasteiger partial charge in [0, 0.05) is 30.2 Å². The van der Waals surface area contributed by atoms with Crippen molar-refractivity contribution in [3.63, 3.8) is 0 Å². The van der Waals surface area contributed by atoms with Crippen LogP contribution in [0.2, 0.25) is 0 Å². The lowest BCUT2D eigenvalue weighted by molar-refractivity contribution is 0.192. The van der Waals surface area contributed by atoms with E-state index in [9.17, 15) is 5.26 Å². The smallest absolute Gasteiger partial charge is 0.156 e.